The molecular weight excluding hydrogens is 658 g/mol. The van der Waals surface area contributed by atoms with Crippen LogP contribution in [0.25, 0.3) is 22.0 Å². The van der Waals surface area contributed by atoms with E-state index in [1.165, 1.54) is 7.11 Å². The fourth-order valence-corrected chi connectivity index (χ4v) is 7.61. The number of carbonyl (C=O) groups excluding carboxylic acids is 3. The van der Waals surface area contributed by atoms with Crippen LogP contribution in [0.3, 0.4) is 0 Å². The van der Waals surface area contributed by atoms with E-state index in [-0.39, 0.29) is 42.1 Å². The van der Waals surface area contributed by atoms with Crippen LogP contribution in [-0.4, -0.2) is 78.7 Å². The number of aromatic nitrogens is 4. The molecular formula is C40H47N7O5. The first-order valence-corrected chi connectivity index (χ1v) is 18.1. The number of likely N-dealkylation sites (tertiary alicyclic amines) is 2. The number of H-pyrrole nitrogens is 2. The molecule has 7 rings (SSSR count). The standard InChI is InChI=1S/C40H47N7O5/c1-22(2)34(45-38(49)51-7)37(48)46-23(3)8-15-31(46)35-42-21-30(44-35)27-13-12-25-16-24(9-11-26(25)17-27)10-14-29-20-41-36(43-29)33-19-28-18-32(28)47(33)39(50)52-40(4,5)6/h9,11-13,16-17,20-23,28,31-34H,8,15,18-19H2,1-7H3,(H,41,43)(H,42,44)(H,45,49)/t23-,28-,31+,32?,33?,34?/m1/s1. The summed E-state index contributed by atoms with van der Waals surface area (Å²) in [5.74, 6) is 8.15. The Bertz CT molecular complexity index is 2070. The third kappa shape index (κ3) is 7.09. The van der Waals surface area contributed by atoms with Crippen LogP contribution in [0.1, 0.15) is 102 Å². The Morgan fingerprint density at radius 1 is 0.923 bits per heavy atom. The van der Waals surface area contributed by atoms with Gasteiger partial charge in [-0.1, -0.05) is 38.0 Å². The number of ether oxygens (including phenoxy) is 2. The van der Waals surface area contributed by atoms with Crippen molar-refractivity contribution in [2.24, 2.45) is 11.8 Å². The van der Waals surface area contributed by atoms with Crippen molar-refractivity contribution >= 4 is 28.9 Å². The summed E-state index contributed by atoms with van der Waals surface area (Å²) in [4.78, 5) is 58.7. The second kappa shape index (κ2) is 13.7. The number of hydrogen-bond donors (Lipinski definition) is 3. The number of piperidine rings is 1. The number of fused-ring (bicyclic) bond motifs is 2. The molecule has 6 atom stereocenters. The zero-order valence-corrected chi connectivity index (χ0v) is 30.8. The van der Waals surface area contributed by atoms with E-state index < -0.39 is 17.7 Å². The van der Waals surface area contributed by atoms with E-state index >= 15 is 0 Å². The first-order chi connectivity index (χ1) is 24.8. The van der Waals surface area contributed by atoms with Gasteiger partial charge in [0.05, 0.1) is 24.9 Å². The van der Waals surface area contributed by atoms with Gasteiger partial charge in [0.15, 0.2) is 0 Å². The first-order valence-electron chi connectivity index (χ1n) is 18.1. The number of hydrogen-bond acceptors (Lipinski definition) is 7. The molecule has 3 fully saturated rings. The summed E-state index contributed by atoms with van der Waals surface area (Å²) in [5.41, 5.74) is 2.69. The highest BCUT2D eigenvalue weighted by molar-refractivity contribution is 5.88. The molecule has 2 aliphatic heterocycles. The van der Waals surface area contributed by atoms with E-state index in [0.29, 0.717) is 11.6 Å². The molecule has 3 aliphatic rings. The minimum absolute atomic E-state index is 0.00657. The van der Waals surface area contributed by atoms with Gasteiger partial charge in [0.1, 0.15) is 29.0 Å². The van der Waals surface area contributed by atoms with E-state index in [1.807, 2.05) is 69.7 Å². The van der Waals surface area contributed by atoms with Crippen molar-refractivity contribution in [2.75, 3.05) is 7.11 Å². The van der Waals surface area contributed by atoms with Crippen LogP contribution in [0.2, 0.25) is 0 Å². The lowest BCUT2D eigenvalue weighted by atomic mass is 10.0. The molecule has 2 aromatic heterocycles. The molecule has 272 valence electrons. The van der Waals surface area contributed by atoms with E-state index in [4.69, 9.17) is 19.4 Å². The lowest BCUT2D eigenvalue weighted by molar-refractivity contribution is -0.137. The van der Waals surface area contributed by atoms with Crippen LogP contribution in [0.4, 0.5) is 9.59 Å². The smallest absolute Gasteiger partial charge is 0.411 e. The molecule has 12 nitrogen and oxygen atoms in total. The second-order valence-electron chi connectivity index (χ2n) is 15.6. The Kier molecular flexibility index (Phi) is 9.23. The molecule has 12 heteroatoms. The Balaban J connectivity index is 1.04. The maximum absolute atomic E-state index is 13.7. The van der Waals surface area contributed by atoms with Crippen molar-refractivity contribution in [2.45, 2.75) is 103 Å². The number of methoxy groups -OCH3 is 1. The molecule has 3 amide bonds. The molecule has 0 bridgehead atoms. The number of imidazole rings is 2. The molecule has 2 aromatic carbocycles. The van der Waals surface area contributed by atoms with Crippen LogP contribution in [0.5, 0.6) is 0 Å². The second-order valence-corrected chi connectivity index (χ2v) is 15.6. The highest BCUT2D eigenvalue weighted by Crippen LogP contribution is 2.53. The Hall–Kier alpha value is -5.31. The van der Waals surface area contributed by atoms with Crippen molar-refractivity contribution in [1.29, 1.82) is 0 Å². The number of nitrogens with one attached hydrogen (secondary N) is 3. The van der Waals surface area contributed by atoms with Crippen LogP contribution in [0, 0.1) is 23.7 Å². The van der Waals surface area contributed by atoms with Crippen molar-refractivity contribution in [3.05, 3.63) is 71.7 Å². The van der Waals surface area contributed by atoms with Gasteiger partial charge in [-0.25, -0.2) is 19.6 Å². The van der Waals surface area contributed by atoms with Crippen molar-refractivity contribution < 1.29 is 23.9 Å². The van der Waals surface area contributed by atoms with Crippen molar-refractivity contribution in [3.8, 4) is 23.1 Å². The fourth-order valence-electron chi connectivity index (χ4n) is 7.61. The van der Waals surface area contributed by atoms with Crippen LogP contribution >= 0.6 is 0 Å². The molecule has 4 heterocycles. The number of rotatable bonds is 6. The molecule has 3 unspecified atom stereocenters. The number of carbonyl (C=O) groups is 3. The van der Waals surface area contributed by atoms with Gasteiger partial charge >= 0.3 is 12.2 Å². The minimum Gasteiger partial charge on any atom is -0.453 e. The van der Waals surface area contributed by atoms with Gasteiger partial charge in [-0.05, 0) is 100 Å². The lowest BCUT2D eigenvalue weighted by Crippen LogP contribution is -2.52. The van der Waals surface area contributed by atoms with Crippen molar-refractivity contribution in [1.82, 2.24) is 35.1 Å². The van der Waals surface area contributed by atoms with Gasteiger partial charge < -0.3 is 29.7 Å². The molecule has 4 aromatic rings. The Labute approximate surface area is 304 Å². The summed E-state index contributed by atoms with van der Waals surface area (Å²) in [6, 6.07) is 11.5. The quantitative estimate of drug-likeness (QED) is 0.186. The van der Waals surface area contributed by atoms with E-state index in [1.54, 1.807) is 6.20 Å². The van der Waals surface area contributed by atoms with Gasteiger partial charge in [-0.3, -0.25) is 9.69 Å². The van der Waals surface area contributed by atoms with Crippen LogP contribution in [-0.2, 0) is 14.3 Å². The average molecular weight is 706 g/mol. The van der Waals surface area contributed by atoms with Gasteiger partial charge in [0.25, 0.3) is 0 Å². The number of aromatic amines is 2. The van der Waals surface area contributed by atoms with Gasteiger partial charge in [0.2, 0.25) is 5.91 Å². The first kappa shape index (κ1) is 35.1. The summed E-state index contributed by atoms with van der Waals surface area (Å²) >= 11 is 0. The predicted octanol–water partition coefficient (Wildman–Crippen LogP) is 6.86. The Morgan fingerprint density at radius 2 is 1.65 bits per heavy atom. The predicted molar refractivity (Wildman–Crippen MR) is 196 cm³/mol. The third-order valence-electron chi connectivity index (χ3n) is 10.3. The zero-order chi connectivity index (χ0) is 36.9. The topological polar surface area (TPSA) is 146 Å². The van der Waals surface area contributed by atoms with Gasteiger partial charge in [0, 0.05) is 35.6 Å². The normalized spacial score (nSPS) is 22.9. The highest BCUT2D eigenvalue weighted by atomic mass is 16.6. The maximum atomic E-state index is 13.7. The minimum atomic E-state index is -0.698. The monoisotopic (exact) mass is 705 g/mol. The molecule has 3 N–H and O–H groups in total. The lowest BCUT2D eigenvalue weighted by Gasteiger charge is -2.32. The fraction of sp³-hybridized carbons (Fsp3) is 0.475. The molecule has 52 heavy (non-hydrogen) atoms. The zero-order valence-electron chi connectivity index (χ0n) is 30.8. The van der Waals surface area contributed by atoms with Crippen LogP contribution < -0.4 is 5.32 Å². The molecule has 1 aliphatic carbocycles. The SMILES string of the molecule is COC(=O)NC(C(=O)N1[C@H](C)CC[C@H]1c1nc(-c2ccc3cc(C#Cc4c[nH]c(C5C[C@H]6CC6N5C(=O)OC(C)(C)C)n4)ccc3c2)c[nH]1)C(C)C. The highest BCUT2D eigenvalue weighted by Gasteiger charge is 2.56. The maximum Gasteiger partial charge on any atom is 0.411 e. The van der Waals surface area contributed by atoms with Crippen molar-refractivity contribution in [3.63, 3.8) is 0 Å². The molecule has 0 radical (unpaired) electrons. The third-order valence-corrected chi connectivity index (χ3v) is 10.3. The number of benzene rings is 2. The molecule has 1 saturated carbocycles. The average Bonchev–Trinajstić information content (AvgIpc) is 3.58. The summed E-state index contributed by atoms with van der Waals surface area (Å²) in [7, 11) is 1.29. The van der Waals surface area contributed by atoms with E-state index in [0.717, 1.165) is 64.9 Å². The number of alkyl carbamates (subject to hydrolysis) is 1. The van der Waals surface area contributed by atoms with E-state index in [2.05, 4.69) is 51.4 Å². The van der Waals surface area contributed by atoms with Gasteiger partial charge in [-0.2, -0.15) is 0 Å². The molecule has 0 spiro atoms. The summed E-state index contributed by atoms with van der Waals surface area (Å²) in [6.45, 7) is 11.5. The van der Waals surface area contributed by atoms with Crippen LogP contribution in [0.15, 0.2) is 48.8 Å². The number of amides is 3. The number of nitrogens with zero attached hydrogens (tertiary/aromatic N) is 4. The van der Waals surface area contributed by atoms with Gasteiger partial charge in [-0.15, -0.1) is 0 Å². The Morgan fingerprint density at radius 3 is 2.40 bits per heavy atom. The van der Waals surface area contributed by atoms with E-state index in [9.17, 15) is 14.4 Å². The summed E-state index contributed by atoms with van der Waals surface area (Å²) in [5, 5.41) is 4.82. The molecule has 2 saturated heterocycles. The summed E-state index contributed by atoms with van der Waals surface area (Å²) < 4.78 is 10.5. The summed E-state index contributed by atoms with van der Waals surface area (Å²) in [6.07, 6.45) is 6.29. The largest absolute Gasteiger partial charge is 0.453 e.